The van der Waals surface area contributed by atoms with Crippen molar-refractivity contribution in [1.29, 1.82) is 0 Å². The summed E-state index contributed by atoms with van der Waals surface area (Å²) in [7, 11) is 1.83. The summed E-state index contributed by atoms with van der Waals surface area (Å²) in [6.45, 7) is 7.03. The lowest BCUT2D eigenvalue weighted by atomic mass is 9.95. The summed E-state index contributed by atoms with van der Waals surface area (Å²) in [5, 5.41) is 3.07. The lowest BCUT2D eigenvalue weighted by Gasteiger charge is -2.35. The molecule has 0 aliphatic carbocycles. The standard InChI is InChI=1S/C15H25N5O/c1-15(2,3)14-18-11(17-4)9-12(19-14)20-8-6-5-7-10(20)13(16)21/h9-10H,5-8H2,1-4H3,(H2,16,21)(H,17,18,19). The Kier molecular flexibility index (Phi) is 4.34. The third kappa shape index (κ3) is 3.43. The van der Waals surface area contributed by atoms with Gasteiger partial charge >= 0.3 is 0 Å². The fourth-order valence-corrected chi connectivity index (χ4v) is 2.55. The fraction of sp³-hybridized carbons (Fsp3) is 0.667. The molecule has 1 aromatic heterocycles. The number of amides is 1. The van der Waals surface area contributed by atoms with Crippen LogP contribution in [0, 0.1) is 0 Å². The summed E-state index contributed by atoms with van der Waals surface area (Å²) >= 11 is 0. The van der Waals surface area contributed by atoms with E-state index in [4.69, 9.17) is 5.73 Å². The third-order valence-electron chi connectivity index (χ3n) is 3.77. The highest BCUT2D eigenvalue weighted by atomic mass is 16.1. The number of hydrogen-bond acceptors (Lipinski definition) is 5. The maximum atomic E-state index is 11.7. The largest absolute Gasteiger partial charge is 0.373 e. The van der Waals surface area contributed by atoms with Gasteiger partial charge in [-0.15, -0.1) is 0 Å². The van der Waals surface area contributed by atoms with Crippen LogP contribution < -0.4 is 16.0 Å². The van der Waals surface area contributed by atoms with E-state index in [2.05, 4.69) is 36.1 Å². The smallest absolute Gasteiger partial charge is 0.240 e. The second kappa shape index (κ2) is 5.87. The second-order valence-electron chi connectivity index (χ2n) is 6.54. The lowest BCUT2D eigenvalue weighted by Crippen LogP contribution is -2.48. The molecule has 2 rings (SSSR count). The molecule has 0 radical (unpaired) electrons. The van der Waals surface area contributed by atoms with Gasteiger partial charge in [0.15, 0.2) is 0 Å². The van der Waals surface area contributed by atoms with Crippen molar-refractivity contribution < 1.29 is 4.79 Å². The number of primary amides is 1. The van der Waals surface area contributed by atoms with Crippen LogP contribution in [-0.4, -0.2) is 35.5 Å². The van der Waals surface area contributed by atoms with Crippen LogP contribution in [0.1, 0.15) is 45.9 Å². The average Bonchev–Trinajstić information content (AvgIpc) is 2.45. The van der Waals surface area contributed by atoms with Crippen molar-refractivity contribution in [2.75, 3.05) is 23.8 Å². The van der Waals surface area contributed by atoms with E-state index in [1.54, 1.807) is 0 Å². The molecule has 1 aromatic rings. The molecule has 116 valence electrons. The Hall–Kier alpha value is -1.85. The first-order valence-corrected chi connectivity index (χ1v) is 7.46. The first-order chi connectivity index (χ1) is 9.82. The first kappa shape index (κ1) is 15.5. The normalized spacial score (nSPS) is 19.4. The molecule has 6 nitrogen and oxygen atoms in total. The molecule has 1 saturated heterocycles. The summed E-state index contributed by atoms with van der Waals surface area (Å²) < 4.78 is 0. The Bertz CT molecular complexity index is 523. The minimum Gasteiger partial charge on any atom is -0.373 e. The van der Waals surface area contributed by atoms with Crippen molar-refractivity contribution in [3.05, 3.63) is 11.9 Å². The van der Waals surface area contributed by atoms with Crippen LogP contribution in [0.25, 0.3) is 0 Å². The maximum absolute atomic E-state index is 11.7. The van der Waals surface area contributed by atoms with E-state index in [0.717, 1.165) is 43.3 Å². The molecule has 2 heterocycles. The number of nitrogens with two attached hydrogens (primary N) is 1. The molecule has 1 fully saturated rings. The van der Waals surface area contributed by atoms with Crippen LogP contribution in [0.2, 0.25) is 0 Å². The van der Waals surface area contributed by atoms with Gasteiger partial charge in [0.1, 0.15) is 23.5 Å². The molecule has 1 unspecified atom stereocenters. The molecule has 1 atom stereocenters. The molecule has 1 aliphatic rings. The molecule has 1 aliphatic heterocycles. The maximum Gasteiger partial charge on any atom is 0.240 e. The van der Waals surface area contributed by atoms with E-state index in [9.17, 15) is 4.79 Å². The van der Waals surface area contributed by atoms with Gasteiger partial charge in [-0.3, -0.25) is 4.79 Å². The van der Waals surface area contributed by atoms with E-state index >= 15 is 0 Å². The van der Waals surface area contributed by atoms with Crippen molar-refractivity contribution in [2.24, 2.45) is 5.73 Å². The van der Waals surface area contributed by atoms with Gasteiger partial charge in [-0.2, -0.15) is 0 Å². The molecular weight excluding hydrogens is 266 g/mol. The average molecular weight is 291 g/mol. The molecule has 6 heteroatoms. The Labute approximate surface area is 126 Å². The van der Waals surface area contributed by atoms with Gasteiger partial charge in [-0.25, -0.2) is 9.97 Å². The van der Waals surface area contributed by atoms with Crippen LogP contribution >= 0.6 is 0 Å². The minimum atomic E-state index is -0.281. The summed E-state index contributed by atoms with van der Waals surface area (Å²) in [6, 6.07) is 1.61. The van der Waals surface area contributed by atoms with Crippen LogP contribution in [0.5, 0.6) is 0 Å². The van der Waals surface area contributed by atoms with Crippen molar-refractivity contribution in [3.63, 3.8) is 0 Å². The monoisotopic (exact) mass is 291 g/mol. The number of piperidine rings is 1. The topological polar surface area (TPSA) is 84.1 Å². The molecular formula is C15H25N5O. The van der Waals surface area contributed by atoms with Crippen LogP contribution in [0.15, 0.2) is 6.07 Å². The van der Waals surface area contributed by atoms with Crippen molar-refractivity contribution in [2.45, 2.75) is 51.5 Å². The predicted molar refractivity (Wildman–Crippen MR) is 84.5 cm³/mol. The second-order valence-corrected chi connectivity index (χ2v) is 6.54. The molecule has 3 N–H and O–H groups in total. The van der Waals surface area contributed by atoms with Gasteiger partial charge in [0.05, 0.1) is 0 Å². The number of nitrogens with one attached hydrogen (secondary N) is 1. The number of nitrogens with zero attached hydrogens (tertiary/aromatic N) is 3. The van der Waals surface area contributed by atoms with Gasteiger partial charge in [0.2, 0.25) is 5.91 Å². The lowest BCUT2D eigenvalue weighted by molar-refractivity contribution is -0.119. The molecule has 1 amide bonds. The Morgan fingerprint density at radius 3 is 2.67 bits per heavy atom. The number of anilines is 2. The number of carbonyl (C=O) groups is 1. The molecule has 0 saturated carbocycles. The van der Waals surface area contributed by atoms with E-state index in [0.29, 0.717) is 0 Å². The van der Waals surface area contributed by atoms with Crippen LogP contribution in [0.4, 0.5) is 11.6 Å². The van der Waals surface area contributed by atoms with Crippen LogP contribution in [-0.2, 0) is 10.2 Å². The predicted octanol–water partition coefficient (Wildman–Crippen LogP) is 1.66. The zero-order valence-electron chi connectivity index (χ0n) is 13.3. The summed E-state index contributed by atoms with van der Waals surface area (Å²) in [4.78, 5) is 22.9. The molecule has 0 spiro atoms. The highest BCUT2D eigenvalue weighted by Gasteiger charge is 2.29. The summed E-state index contributed by atoms with van der Waals surface area (Å²) in [5.41, 5.74) is 5.40. The molecule has 21 heavy (non-hydrogen) atoms. The van der Waals surface area contributed by atoms with Gasteiger partial charge in [-0.1, -0.05) is 20.8 Å². The number of rotatable bonds is 3. The Morgan fingerprint density at radius 1 is 1.38 bits per heavy atom. The number of carbonyl (C=O) groups excluding carboxylic acids is 1. The Balaban J connectivity index is 2.43. The number of hydrogen-bond donors (Lipinski definition) is 2. The summed E-state index contributed by atoms with van der Waals surface area (Å²) in [5.74, 6) is 2.02. The van der Waals surface area contributed by atoms with E-state index in [1.807, 2.05) is 18.0 Å². The Morgan fingerprint density at radius 2 is 2.10 bits per heavy atom. The van der Waals surface area contributed by atoms with Crippen molar-refractivity contribution >= 4 is 17.5 Å². The van der Waals surface area contributed by atoms with E-state index < -0.39 is 0 Å². The zero-order valence-corrected chi connectivity index (χ0v) is 13.3. The van der Waals surface area contributed by atoms with Crippen LogP contribution in [0.3, 0.4) is 0 Å². The highest BCUT2D eigenvalue weighted by molar-refractivity contribution is 5.83. The van der Waals surface area contributed by atoms with E-state index in [-0.39, 0.29) is 17.4 Å². The highest BCUT2D eigenvalue weighted by Crippen LogP contribution is 2.28. The fourth-order valence-electron chi connectivity index (χ4n) is 2.55. The van der Waals surface area contributed by atoms with Crippen molar-refractivity contribution in [1.82, 2.24) is 9.97 Å². The summed E-state index contributed by atoms with van der Waals surface area (Å²) in [6.07, 6.45) is 2.87. The van der Waals surface area contributed by atoms with Crippen molar-refractivity contribution in [3.8, 4) is 0 Å². The molecule has 0 aromatic carbocycles. The number of aromatic nitrogens is 2. The van der Waals surface area contributed by atoms with Gasteiger partial charge in [0.25, 0.3) is 0 Å². The zero-order chi connectivity index (χ0) is 15.6. The third-order valence-corrected chi connectivity index (χ3v) is 3.77. The van der Waals surface area contributed by atoms with Gasteiger partial charge < -0.3 is 16.0 Å². The van der Waals surface area contributed by atoms with Gasteiger partial charge in [-0.05, 0) is 19.3 Å². The minimum absolute atomic E-state index is 0.153. The molecule has 0 bridgehead atoms. The van der Waals surface area contributed by atoms with Gasteiger partial charge in [0, 0.05) is 25.1 Å². The van der Waals surface area contributed by atoms with E-state index in [1.165, 1.54) is 0 Å². The quantitative estimate of drug-likeness (QED) is 0.885. The SMILES string of the molecule is CNc1cc(N2CCCCC2C(N)=O)nc(C(C)(C)C)n1. The first-order valence-electron chi connectivity index (χ1n) is 7.46.